The van der Waals surface area contributed by atoms with E-state index in [1.807, 2.05) is 45.4 Å². The van der Waals surface area contributed by atoms with Crippen molar-refractivity contribution in [3.8, 4) is 11.8 Å². The van der Waals surface area contributed by atoms with Crippen LogP contribution in [0.15, 0.2) is 54.9 Å². The summed E-state index contributed by atoms with van der Waals surface area (Å²) < 4.78 is 15.0. The first-order valence-electron chi connectivity index (χ1n) is 17.5. The highest BCUT2D eigenvalue weighted by Gasteiger charge is 2.79. The van der Waals surface area contributed by atoms with Gasteiger partial charge in [0.25, 0.3) is 0 Å². The molecule has 7 rings (SSSR count). The van der Waals surface area contributed by atoms with Crippen LogP contribution in [0.2, 0.25) is 0 Å². The summed E-state index contributed by atoms with van der Waals surface area (Å²) in [6.07, 6.45) is 3.83. The lowest BCUT2D eigenvalue weighted by molar-refractivity contribution is -0.164. The molecule has 2 aliphatic carbocycles. The Kier molecular flexibility index (Phi) is 8.00. The number of amides is 1. The van der Waals surface area contributed by atoms with Crippen molar-refractivity contribution in [3.63, 3.8) is 0 Å². The molecule has 0 unspecified atom stereocenters. The van der Waals surface area contributed by atoms with E-state index >= 15 is 0 Å². The van der Waals surface area contributed by atoms with Crippen molar-refractivity contribution >= 4 is 28.8 Å². The summed E-state index contributed by atoms with van der Waals surface area (Å²) in [4.78, 5) is 28.2. The second-order valence-electron chi connectivity index (χ2n) is 16.4. The van der Waals surface area contributed by atoms with Gasteiger partial charge in [0.05, 0.1) is 23.5 Å². The Hall–Kier alpha value is -4.52. The topological polar surface area (TPSA) is 103 Å². The van der Waals surface area contributed by atoms with Gasteiger partial charge in [0, 0.05) is 31.3 Å². The van der Waals surface area contributed by atoms with E-state index in [0.717, 1.165) is 16.8 Å². The van der Waals surface area contributed by atoms with Gasteiger partial charge in [-0.05, 0) is 71.9 Å². The Balaban J connectivity index is 1.35. The first-order valence-corrected chi connectivity index (χ1v) is 17.5. The number of imidazole rings is 1. The molecule has 1 aliphatic heterocycles. The van der Waals surface area contributed by atoms with Gasteiger partial charge in [-0.1, -0.05) is 83.9 Å². The number of carbonyl (C=O) groups is 1. The number of nitrogens with one attached hydrogen (secondary N) is 2. The number of rotatable bonds is 5. The van der Waals surface area contributed by atoms with Crippen LogP contribution in [0, 0.1) is 23.2 Å². The first-order chi connectivity index (χ1) is 23.6. The van der Waals surface area contributed by atoms with E-state index in [4.69, 9.17) is 24.4 Å². The molecular weight excluding hydrogens is 624 g/mol. The van der Waals surface area contributed by atoms with E-state index in [9.17, 15) is 4.79 Å². The van der Waals surface area contributed by atoms with Crippen molar-refractivity contribution in [2.24, 2.45) is 11.3 Å². The number of aromatic nitrogens is 4. The number of hydrogen-bond acceptors (Lipinski definition) is 7. The van der Waals surface area contributed by atoms with Gasteiger partial charge in [-0.25, -0.2) is 15.0 Å². The molecule has 5 atom stereocenters. The minimum atomic E-state index is -0.815. The fourth-order valence-corrected chi connectivity index (χ4v) is 7.78. The molecule has 0 bridgehead atoms. The van der Waals surface area contributed by atoms with Crippen molar-refractivity contribution < 1.29 is 14.3 Å². The summed E-state index contributed by atoms with van der Waals surface area (Å²) in [5.74, 6) is 6.11. The highest BCUT2D eigenvalue weighted by Crippen LogP contribution is 2.71. The summed E-state index contributed by atoms with van der Waals surface area (Å²) >= 11 is 0. The summed E-state index contributed by atoms with van der Waals surface area (Å²) in [6.45, 7) is 17.0. The quantitative estimate of drug-likeness (QED) is 0.238. The zero-order valence-electron chi connectivity index (χ0n) is 30.8. The molecule has 9 heteroatoms. The molecule has 2 aromatic heterocycles. The van der Waals surface area contributed by atoms with Gasteiger partial charge < -0.3 is 24.7 Å². The lowest BCUT2D eigenvalue weighted by Gasteiger charge is -2.24. The molecule has 2 saturated carbocycles. The Labute approximate surface area is 295 Å². The zero-order chi connectivity index (χ0) is 35.8. The van der Waals surface area contributed by atoms with Gasteiger partial charge in [-0.2, -0.15) is 0 Å². The monoisotopic (exact) mass is 672 g/mol. The molecule has 4 aromatic rings. The van der Waals surface area contributed by atoms with Gasteiger partial charge >= 0.3 is 0 Å². The molecule has 0 radical (unpaired) electrons. The van der Waals surface area contributed by atoms with Crippen molar-refractivity contribution in [2.75, 3.05) is 14.1 Å². The van der Waals surface area contributed by atoms with Crippen LogP contribution in [0.25, 0.3) is 22.9 Å². The van der Waals surface area contributed by atoms with Crippen molar-refractivity contribution in [1.29, 1.82) is 0 Å². The molecule has 50 heavy (non-hydrogen) atoms. The zero-order valence-corrected chi connectivity index (χ0v) is 30.8. The smallest absolute Gasteiger partial charge is 0.229 e. The normalized spacial score (nSPS) is 25.4. The lowest BCUT2D eigenvalue weighted by atomic mass is 9.86. The van der Waals surface area contributed by atoms with Crippen LogP contribution < -0.4 is 10.6 Å². The minimum Gasteiger partial charge on any atom is -0.388 e. The van der Waals surface area contributed by atoms with Crippen molar-refractivity contribution in [1.82, 2.24) is 30.2 Å². The molecule has 1 amide bonds. The molecule has 9 nitrogen and oxygen atoms in total. The van der Waals surface area contributed by atoms with E-state index in [0.29, 0.717) is 29.1 Å². The fourth-order valence-electron chi connectivity index (χ4n) is 7.78. The summed E-state index contributed by atoms with van der Waals surface area (Å²) in [5, 5.41) is 6.26. The summed E-state index contributed by atoms with van der Waals surface area (Å²) in [5.41, 5.74) is 6.72. The SMILES string of the molecule is CNC(=O)[C@@]12C[C@@H]1[C@@H](n1cnc3c(/C=C(\NC)c4ccc(C(C)(C)C)cc4)nc(C#Cc4ccc(C(C)(C)C)cc4)nc31)[C@H]1OC(C)(C)O[C@H]12. The van der Waals surface area contributed by atoms with Crippen LogP contribution in [0.5, 0.6) is 0 Å². The number of nitrogens with zero attached hydrogens (tertiary/aromatic N) is 4. The Bertz CT molecular complexity index is 2050. The second kappa shape index (κ2) is 11.8. The van der Waals surface area contributed by atoms with E-state index in [1.165, 1.54) is 11.1 Å². The Morgan fingerprint density at radius 1 is 0.900 bits per heavy atom. The van der Waals surface area contributed by atoms with Crippen LogP contribution in [-0.4, -0.2) is 57.5 Å². The molecule has 2 N–H and O–H groups in total. The number of carbonyl (C=O) groups excluding carboxylic acids is 1. The summed E-state index contributed by atoms with van der Waals surface area (Å²) in [7, 11) is 3.59. The fraction of sp³-hybridized carbons (Fsp3) is 0.463. The van der Waals surface area contributed by atoms with Crippen LogP contribution >= 0.6 is 0 Å². The van der Waals surface area contributed by atoms with Gasteiger partial charge in [0.1, 0.15) is 17.7 Å². The first kappa shape index (κ1) is 34.0. The van der Waals surface area contributed by atoms with E-state index in [-0.39, 0.29) is 40.9 Å². The molecule has 3 fully saturated rings. The van der Waals surface area contributed by atoms with Crippen LogP contribution in [0.4, 0.5) is 0 Å². The highest BCUT2D eigenvalue weighted by molar-refractivity contribution is 5.90. The van der Waals surface area contributed by atoms with E-state index in [1.54, 1.807) is 7.05 Å². The predicted octanol–water partition coefficient (Wildman–Crippen LogP) is 6.37. The third kappa shape index (κ3) is 5.78. The lowest BCUT2D eigenvalue weighted by Crippen LogP contribution is -2.40. The number of ether oxygens (including phenoxy) is 2. The molecule has 0 spiro atoms. The van der Waals surface area contributed by atoms with Crippen molar-refractivity contribution in [2.45, 2.75) is 96.7 Å². The maximum atomic E-state index is 13.3. The number of benzene rings is 2. The molecular formula is C41H48N6O3. The predicted molar refractivity (Wildman–Crippen MR) is 196 cm³/mol. The van der Waals surface area contributed by atoms with E-state index < -0.39 is 11.2 Å². The average Bonchev–Trinajstić information content (AvgIpc) is 3.38. The summed E-state index contributed by atoms with van der Waals surface area (Å²) in [6, 6.07) is 16.7. The van der Waals surface area contributed by atoms with Gasteiger partial charge in [0.2, 0.25) is 11.7 Å². The van der Waals surface area contributed by atoms with Crippen LogP contribution in [-0.2, 0) is 25.1 Å². The third-order valence-electron chi connectivity index (χ3n) is 10.5. The average molecular weight is 673 g/mol. The van der Waals surface area contributed by atoms with Crippen molar-refractivity contribution in [3.05, 3.63) is 88.6 Å². The standard InChI is InChI=1S/C41H48N6O3/c1-38(2,3)26-16-11-24(12-17-26)13-20-31-45-30(21-29(42-9)25-14-18-27(19-15-25)39(4,5)6)32-36(46-31)47(23-44-32)33-28-22-41(28,37(48)43-10)35-34(33)49-40(7,8)50-35/h11-12,14-19,21,23,28,33-35,42H,22H2,1-10H3,(H,43,48)/b29-21-/t28-,33-,34-,35-,41+/m1/s1. The molecule has 3 heterocycles. The largest absolute Gasteiger partial charge is 0.388 e. The molecule has 260 valence electrons. The van der Waals surface area contributed by atoms with E-state index in [2.05, 4.69) is 105 Å². The molecule has 3 aliphatic rings. The molecule has 1 saturated heterocycles. The number of hydrogen-bond donors (Lipinski definition) is 2. The molecule has 2 aromatic carbocycles. The van der Waals surface area contributed by atoms with Crippen LogP contribution in [0.1, 0.15) is 102 Å². The minimum absolute atomic E-state index is 0.0101. The Morgan fingerprint density at radius 3 is 2.14 bits per heavy atom. The third-order valence-corrected chi connectivity index (χ3v) is 10.5. The van der Waals surface area contributed by atoms with Crippen LogP contribution in [0.3, 0.4) is 0 Å². The maximum absolute atomic E-state index is 13.3. The van der Waals surface area contributed by atoms with Gasteiger partial charge in [-0.3, -0.25) is 4.79 Å². The number of fused-ring (bicyclic) bond motifs is 4. The van der Waals surface area contributed by atoms with Gasteiger partial charge in [0.15, 0.2) is 11.4 Å². The maximum Gasteiger partial charge on any atom is 0.229 e. The highest BCUT2D eigenvalue weighted by atomic mass is 16.8. The van der Waals surface area contributed by atoms with Gasteiger partial charge in [-0.15, -0.1) is 0 Å². The Morgan fingerprint density at radius 2 is 1.54 bits per heavy atom. The second-order valence-corrected chi connectivity index (χ2v) is 16.4.